The highest BCUT2D eigenvalue weighted by Crippen LogP contribution is 2.47. The van der Waals surface area contributed by atoms with Crippen LogP contribution in [0.2, 0.25) is 0 Å². The predicted octanol–water partition coefficient (Wildman–Crippen LogP) is 3.08. The number of carbonyl (C=O) groups excluding carboxylic acids is 1. The molecular formula is C20H19N3O4. The van der Waals surface area contributed by atoms with Gasteiger partial charge in [0.1, 0.15) is 12.0 Å². The van der Waals surface area contributed by atoms with Crippen LogP contribution in [0.1, 0.15) is 34.3 Å². The number of nitrogens with zero attached hydrogens (tertiary/aromatic N) is 2. The molecule has 1 aliphatic carbocycles. The van der Waals surface area contributed by atoms with Gasteiger partial charge in [0.15, 0.2) is 11.3 Å². The van der Waals surface area contributed by atoms with E-state index in [0.717, 1.165) is 22.9 Å². The molecule has 1 aromatic carbocycles. The number of aryl methyl sites for hydroxylation is 1. The van der Waals surface area contributed by atoms with Crippen molar-refractivity contribution in [3.05, 3.63) is 58.1 Å². The minimum atomic E-state index is -1.37. The molecule has 1 aromatic heterocycles. The van der Waals surface area contributed by atoms with E-state index >= 15 is 0 Å². The molecule has 1 fully saturated rings. The van der Waals surface area contributed by atoms with E-state index in [0.29, 0.717) is 29.9 Å². The van der Waals surface area contributed by atoms with Gasteiger partial charge in [0.25, 0.3) is 0 Å². The molecule has 0 spiro atoms. The van der Waals surface area contributed by atoms with E-state index in [1.165, 1.54) is 0 Å². The third-order valence-electron chi connectivity index (χ3n) is 5.34. The van der Waals surface area contributed by atoms with Crippen molar-refractivity contribution >= 4 is 23.3 Å². The van der Waals surface area contributed by atoms with Crippen LogP contribution >= 0.6 is 0 Å². The zero-order chi connectivity index (χ0) is 19.5. The lowest BCUT2D eigenvalue weighted by molar-refractivity contribution is -0.132. The Balaban J connectivity index is 1.96. The molecule has 4 rings (SSSR count). The first-order valence-corrected chi connectivity index (χ1v) is 8.71. The first kappa shape index (κ1) is 17.4. The number of Topliss-reactive ketones (excluding diaryl/α,β-unsaturated/α-hetero) is 1. The molecule has 7 nitrogen and oxygen atoms in total. The Morgan fingerprint density at radius 3 is 2.56 bits per heavy atom. The first-order valence-electron chi connectivity index (χ1n) is 8.71. The van der Waals surface area contributed by atoms with Gasteiger partial charge in [-0.2, -0.15) is 0 Å². The monoisotopic (exact) mass is 365 g/mol. The lowest BCUT2D eigenvalue weighted by Gasteiger charge is -2.43. The minimum absolute atomic E-state index is 0.165. The standard InChI is InChI=1S/C20H19N3O4/c1-10-7-12(8-22-19(10)21)14-5-6-15-17(11(14)2)23(27,13-3-4-13)9-16(18(15)24)20(25)26/h5-9,13H,3-4H2,1-2H3,(H2,21,22)(H,25,26). The van der Waals surface area contributed by atoms with Gasteiger partial charge in [-0.15, -0.1) is 0 Å². The van der Waals surface area contributed by atoms with Crippen molar-refractivity contribution in [1.82, 2.24) is 9.63 Å². The molecule has 1 saturated carbocycles. The van der Waals surface area contributed by atoms with Crippen LogP contribution in [0.3, 0.4) is 0 Å². The second kappa shape index (κ2) is 5.73. The Morgan fingerprint density at radius 1 is 1.30 bits per heavy atom. The van der Waals surface area contributed by atoms with Crippen molar-refractivity contribution in [2.24, 2.45) is 0 Å². The summed E-state index contributed by atoms with van der Waals surface area (Å²) in [5, 5.41) is 23.1. The fourth-order valence-corrected chi connectivity index (χ4v) is 3.74. The van der Waals surface area contributed by atoms with E-state index in [2.05, 4.69) is 4.98 Å². The van der Waals surface area contributed by atoms with Crippen LogP contribution in [0.5, 0.6) is 0 Å². The predicted molar refractivity (Wildman–Crippen MR) is 102 cm³/mol. The number of carboxylic acid groups (broad SMARTS) is 1. The van der Waals surface area contributed by atoms with Gasteiger partial charge in [0.2, 0.25) is 5.78 Å². The van der Waals surface area contributed by atoms with Gasteiger partial charge in [-0.3, -0.25) is 9.44 Å². The van der Waals surface area contributed by atoms with Crippen LogP contribution in [-0.2, 0) is 4.79 Å². The summed E-state index contributed by atoms with van der Waals surface area (Å²) in [6, 6.07) is 4.92. The number of carbonyl (C=O) groups is 2. The average molecular weight is 365 g/mol. The Hall–Kier alpha value is -3.03. The molecule has 1 unspecified atom stereocenters. The molecule has 2 aromatic rings. The molecule has 1 aliphatic heterocycles. The van der Waals surface area contributed by atoms with Gasteiger partial charge in [-0.1, -0.05) is 6.07 Å². The second-order valence-corrected chi connectivity index (χ2v) is 7.18. The van der Waals surface area contributed by atoms with Gasteiger partial charge >= 0.3 is 5.97 Å². The number of pyridine rings is 1. The zero-order valence-electron chi connectivity index (χ0n) is 15.0. The van der Waals surface area contributed by atoms with Gasteiger partial charge in [0.05, 0.1) is 11.6 Å². The number of carboxylic acids is 1. The Bertz CT molecular complexity index is 1040. The molecule has 0 amide bonds. The summed E-state index contributed by atoms with van der Waals surface area (Å²) in [6.45, 7) is 3.64. The van der Waals surface area contributed by atoms with Crippen LogP contribution in [0.25, 0.3) is 11.1 Å². The van der Waals surface area contributed by atoms with Gasteiger partial charge in [0, 0.05) is 30.2 Å². The number of fused-ring (bicyclic) bond motifs is 1. The minimum Gasteiger partial charge on any atom is -0.622 e. The summed E-state index contributed by atoms with van der Waals surface area (Å²) >= 11 is 0. The number of rotatable bonds is 3. The third kappa shape index (κ3) is 2.55. The highest BCUT2D eigenvalue weighted by atomic mass is 16.5. The summed E-state index contributed by atoms with van der Waals surface area (Å²) in [6.07, 6.45) is 4.10. The molecule has 7 heteroatoms. The molecule has 2 heterocycles. The maximum atomic E-state index is 13.7. The largest absolute Gasteiger partial charge is 0.622 e. The first-order chi connectivity index (χ1) is 12.7. The molecule has 27 heavy (non-hydrogen) atoms. The number of hydrogen-bond donors (Lipinski definition) is 2. The number of benzene rings is 1. The van der Waals surface area contributed by atoms with Gasteiger partial charge < -0.3 is 16.0 Å². The number of aromatic nitrogens is 1. The maximum Gasteiger partial charge on any atom is 0.345 e. The van der Waals surface area contributed by atoms with Gasteiger partial charge in [-0.05, 0) is 37.1 Å². The molecule has 2 aliphatic rings. The Labute approximate surface area is 155 Å². The van der Waals surface area contributed by atoms with E-state index in [1.54, 1.807) is 25.3 Å². The van der Waals surface area contributed by atoms with Crippen molar-refractivity contribution in [1.29, 1.82) is 0 Å². The maximum absolute atomic E-state index is 13.7. The zero-order valence-corrected chi connectivity index (χ0v) is 15.0. The van der Waals surface area contributed by atoms with Crippen molar-refractivity contribution in [2.45, 2.75) is 32.7 Å². The number of anilines is 1. The normalized spacial score (nSPS) is 21.6. The molecular weight excluding hydrogens is 346 g/mol. The van der Waals surface area contributed by atoms with E-state index < -0.39 is 22.0 Å². The number of quaternary nitrogens is 1. The molecule has 0 bridgehead atoms. The van der Waals surface area contributed by atoms with Crippen LogP contribution in [0, 0.1) is 19.1 Å². The third-order valence-corrected chi connectivity index (χ3v) is 5.34. The summed E-state index contributed by atoms with van der Waals surface area (Å²) < 4.78 is -0.899. The number of hydrogen-bond acceptors (Lipinski definition) is 5. The van der Waals surface area contributed by atoms with Crippen LogP contribution in [0.4, 0.5) is 11.5 Å². The van der Waals surface area contributed by atoms with Crippen LogP contribution < -0.4 is 10.4 Å². The lowest BCUT2D eigenvalue weighted by atomic mass is 9.90. The number of hydroxylamine groups is 2. The summed E-state index contributed by atoms with van der Waals surface area (Å²) in [5.74, 6) is -1.56. The topological polar surface area (TPSA) is 116 Å². The van der Waals surface area contributed by atoms with Crippen molar-refractivity contribution in [3.63, 3.8) is 0 Å². The molecule has 1 atom stereocenters. The van der Waals surface area contributed by atoms with Crippen LogP contribution in [0.15, 0.2) is 36.2 Å². The summed E-state index contributed by atoms with van der Waals surface area (Å²) in [7, 11) is 0. The molecule has 138 valence electrons. The second-order valence-electron chi connectivity index (χ2n) is 7.18. The summed E-state index contributed by atoms with van der Waals surface area (Å²) in [5.41, 5.74) is 8.89. The number of ketones is 1. The number of nitrogen functional groups attached to an aromatic ring is 1. The summed E-state index contributed by atoms with van der Waals surface area (Å²) in [4.78, 5) is 28.3. The molecule has 0 saturated heterocycles. The fraction of sp³-hybridized carbons (Fsp3) is 0.250. The van der Waals surface area contributed by atoms with E-state index in [9.17, 15) is 19.9 Å². The highest BCUT2D eigenvalue weighted by molar-refractivity contribution is 6.27. The number of aliphatic carboxylic acids is 1. The van der Waals surface area contributed by atoms with E-state index in [4.69, 9.17) is 5.73 Å². The average Bonchev–Trinajstić information content (AvgIpc) is 3.46. The van der Waals surface area contributed by atoms with Crippen molar-refractivity contribution in [2.75, 3.05) is 5.73 Å². The van der Waals surface area contributed by atoms with E-state index in [1.807, 2.05) is 13.0 Å². The number of nitrogens with two attached hydrogens (primary N) is 1. The van der Waals surface area contributed by atoms with Gasteiger partial charge in [-0.25, -0.2) is 9.78 Å². The Morgan fingerprint density at radius 2 is 1.96 bits per heavy atom. The SMILES string of the molecule is Cc1cc(-c2ccc3c(c2C)[N+]([O-])(C2CC2)C=C(C(=O)O)C3=O)cnc1N. The van der Waals surface area contributed by atoms with Crippen molar-refractivity contribution in [3.8, 4) is 11.1 Å². The van der Waals surface area contributed by atoms with Crippen molar-refractivity contribution < 1.29 is 14.7 Å². The van der Waals surface area contributed by atoms with E-state index in [-0.39, 0.29) is 11.6 Å². The molecule has 3 N–H and O–H groups in total. The molecule has 0 radical (unpaired) electrons. The quantitative estimate of drug-likeness (QED) is 0.490. The highest BCUT2D eigenvalue weighted by Gasteiger charge is 2.47. The Kier molecular flexibility index (Phi) is 3.69. The smallest absolute Gasteiger partial charge is 0.345 e. The fourth-order valence-electron chi connectivity index (χ4n) is 3.74. The lowest BCUT2D eigenvalue weighted by Crippen LogP contribution is -2.45. The van der Waals surface area contributed by atoms with Crippen LogP contribution in [-0.4, -0.2) is 27.9 Å².